The van der Waals surface area contributed by atoms with Gasteiger partial charge in [0.15, 0.2) is 5.76 Å². The van der Waals surface area contributed by atoms with Gasteiger partial charge in [-0.1, -0.05) is 41.4 Å². The summed E-state index contributed by atoms with van der Waals surface area (Å²) in [5.74, 6) is 0.185. The van der Waals surface area contributed by atoms with E-state index < -0.39 is 15.9 Å². The summed E-state index contributed by atoms with van der Waals surface area (Å²) in [6.07, 6.45) is 0. The summed E-state index contributed by atoms with van der Waals surface area (Å²) in [6.45, 7) is 1.94. The summed E-state index contributed by atoms with van der Waals surface area (Å²) in [5, 5.41) is 0.0967. The lowest BCUT2D eigenvalue weighted by Crippen LogP contribution is -2.18. The van der Waals surface area contributed by atoms with E-state index in [1.165, 1.54) is 25.3 Å². The van der Waals surface area contributed by atoms with Gasteiger partial charge in [0.05, 0.1) is 27.6 Å². The highest BCUT2D eigenvalue weighted by atomic mass is 35.5. The second-order valence-corrected chi connectivity index (χ2v) is 8.82. The number of sulfone groups is 1. The minimum atomic E-state index is -4.06. The van der Waals surface area contributed by atoms with Crippen molar-refractivity contribution in [3.05, 3.63) is 63.8 Å². The van der Waals surface area contributed by atoms with E-state index in [1.54, 1.807) is 6.07 Å². The molecule has 0 aliphatic carbocycles. The highest BCUT2D eigenvalue weighted by Crippen LogP contribution is 2.34. The third-order valence-corrected chi connectivity index (χ3v) is 6.55. The molecule has 0 spiro atoms. The van der Waals surface area contributed by atoms with Crippen LogP contribution in [0.25, 0.3) is 11.5 Å². The zero-order valence-corrected chi connectivity index (χ0v) is 17.5. The van der Waals surface area contributed by atoms with Crippen molar-refractivity contribution in [3.63, 3.8) is 0 Å². The van der Waals surface area contributed by atoms with Gasteiger partial charge in [-0.25, -0.2) is 8.42 Å². The van der Waals surface area contributed by atoms with Gasteiger partial charge in [0.2, 0.25) is 20.8 Å². The van der Waals surface area contributed by atoms with Gasteiger partial charge in [-0.05, 0) is 36.8 Å². The second kappa shape index (κ2) is 8.23. The van der Waals surface area contributed by atoms with E-state index in [1.807, 2.05) is 25.1 Å². The molecule has 2 N–H and O–H groups in total. The minimum Gasteiger partial charge on any atom is -0.438 e. The number of halogens is 2. The molecule has 28 heavy (non-hydrogen) atoms. The van der Waals surface area contributed by atoms with Crippen LogP contribution in [0.15, 0.2) is 56.8 Å². The Kier molecular flexibility index (Phi) is 6.12. The summed E-state index contributed by atoms with van der Waals surface area (Å²) in [6, 6.07) is 10.6. The Bertz CT molecular complexity index is 1110. The second-order valence-electron chi connectivity index (χ2n) is 6.14. The first-order valence-electron chi connectivity index (χ1n) is 8.27. The Hall–Kier alpha value is -1.90. The standard InChI is InChI=1S/C19H18Cl2N2O4S/c1-11-5-3-4-6-13(11)18-23-19(17(27-18)16(22)10-26-2)28(24,25)12-7-8-14(20)15(21)9-12/h3-9,16H,10,22H2,1-2H3. The Labute approximate surface area is 173 Å². The number of hydrogen-bond acceptors (Lipinski definition) is 6. The minimum absolute atomic E-state index is 0.0196. The maximum Gasteiger partial charge on any atom is 0.227 e. The quantitative estimate of drug-likeness (QED) is 0.608. The molecule has 0 saturated heterocycles. The Morgan fingerprint density at radius 3 is 2.54 bits per heavy atom. The lowest BCUT2D eigenvalue weighted by Gasteiger charge is -2.10. The maximum absolute atomic E-state index is 13.2. The molecule has 1 heterocycles. The van der Waals surface area contributed by atoms with Gasteiger partial charge in [0.1, 0.15) is 0 Å². The predicted molar refractivity (Wildman–Crippen MR) is 107 cm³/mol. The highest BCUT2D eigenvalue weighted by Gasteiger charge is 2.31. The molecular formula is C19H18Cl2N2O4S. The maximum atomic E-state index is 13.2. The molecule has 1 atom stereocenters. The number of aromatic nitrogens is 1. The third kappa shape index (κ3) is 3.94. The number of benzene rings is 2. The zero-order valence-electron chi connectivity index (χ0n) is 15.1. The van der Waals surface area contributed by atoms with E-state index in [0.717, 1.165) is 5.56 Å². The van der Waals surface area contributed by atoms with Gasteiger partial charge >= 0.3 is 0 Å². The molecule has 1 unspecified atom stereocenters. The zero-order chi connectivity index (χ0) is 20.5. The fraction of sp³-hybridized carbons (Fsp3) is 0.211. The van der Waals surface area contributed by atoms with Crippen molar-refractivity contribution in [2.75, 3.05) is 13.7 Å². The first-order chi connectivity index (χ1) is 13.3. The summed E-state index contributed by atoms with van der Waals surface area (Å²) in [5.41, 5.74) is 7.65. The van der Waals surface area contributed by atoms with E-state index in [0.29, 0.717) is 5.56 Å². The van der Waals surface area contributed by atoms with E-state index in [2.05, 4.69) is 4.98 Å². The third-order valence-electron chi connectivity index (χ3n) is 4.13. The molecule has 3 rings (SSSR count). The molecule has 148 valence electrons. The van der Waals surface area contributed by atoms with Gasteiger partial charge in [0.25, 0.3) is 0 Å². The first-order valence-corrected chi connectivity index (χ1v) is 10.5. The van der Waals surface area contributed by atoms with Gasteiger partial charge in [-0.3, -0.25) is 0 Å². The number of oxazole rings is 1. The molecule has 6 nitrogen and oxygen atoms in total. The predicted octanol–water partition coefficient (Wildman–Crippen LogP) is 4.44. The molecule has 3 aromatic rings. The van der Waals surface area contributed by atoms with Gasteiger partial charge in [-0.15, -0.1) is 0 Å². The average molecular weight is 441 g/mol. The Balaban J connectivity index is 2.20. The molecule has 0 saturated carbocycles. The van der Waals surface area contributed by atoms with Crippen LogP contribution in [0.4, 0.5) is 0 Å². The molecule has 0 bridgehead atoms. The van der Waals surface area contributed by atoms with Crippen LogP contribution in [0.3, 0.4) is 0 Å². The summed E-state index contributed by atoms with van der Waals surface area (Å²) in [7, 11) is -2.59. The largest absolute Gasteiger partial charge is 0.438 e. The first kappa shape index (κ1) is 20.8. The Morgan fingerprint density at radius 1 is 1.18 bits per heavy atom. The highest BCUT2D eigenvalue weighted by molar-refractivity contribution is 7.91. The topological polar surface area (TPSA) is 95.4 Å². The van der Waals surface area contributed by atoms with Crippen LogP contribution in [0.1, 0.15) is 17.4 Å². The number of methoxy groups -OCH3 is 1. The van der Waals surface area contributed by atoms with Crippen molar-refractivity contribution in [2.24, 2.45) is 5.73 Å². The van der Waals surface area contributed by atoms with Crippen LogP contribution in [-0.2, 0) is 14.6 Å². The van der Waals surface area contributed by atoms with Crippen LogP contribution >= 0.6 is 23.2 Å². The van der Waals surface area contributed by atoms with Crippen LogP contribution in [0, 0.1) is 6.92 Å². The number of nitrogens with two attached hydrogens (primary N) is 1. The number of hydrogen-bond donors (Lipinski definition) is 1. The fourth-order valence-corrected chi connectivity index (χ4v) is 4.45. The van der Waals surface area contributed by atoms with Crippen LogP contribution in [-0.4, -0.2) is 27.1 Å². The number of nitrogens with zero attached hydrogens (tertiary/aromatic N) is 1. The molecule has 1 aromatic heterocycles. The summed E-state index contributed by atoms with van der Waals surface area (Å²) < 4.78 is 37.3. The van der Waals surface area contributed by atoms with E-state index in [-0.39, 0.29) is 38.2 Å². The number of aryl methyl sites for hydroxylation is 1. The van der Waals surface area contributed by atoms with Crippen molar-refractivity contribution >= 4 is 33.0 Å². The molecule has 2 aromatic carbocycles. The van der Waals surface area contributed by atoms with Crippen molar-refractivity contribution in [1.82, 2.24) is 4.98 Å². The lowest BCUT2D eigenvalue weighted by molar-refractivity contribution is 0.171. The number of rotatable bonds is 6. The fourth-order valence-electron chi connectivity index (χ4n) is 2.68. The molecule has 0 aliphatic rings. The molecular weight excluding hydrogens is 423 g/mol. The van der Waals surface area contributed by atoms with Gasteiger partial charge in [-0.2, -0.15) is 4.98 Å². The molecule has 0 aliphatic heterocycles. The summed E-state index contributed by atoms with van der Waals surface area (Å²) >= 11 is 11.9. The van der Waals surface area contributed by atoms with E-state index in [4.69, 9.17) is 38.1 Å². The molecule has 0 radical (unpaired) electrons. The van der Waals surface area contributed by atoms with E-state index >= 15 is 0 Å². The Morgan fingerprint density at radius 2 is 1.89 bits per heavy atom. The van der Waals surface area contributed by atoms with Crippen molar-refractivity contribution in [3.8, 4) is 11.5 Å². The monoisotopic (exact) mass is 440 g/mol. The lowest BCUT2D eigenvalue weighted by atomic mass is 10.1. The van der Waals surface area contributed by atoms with Crippen molar-refractivity contribution < 1.29 is 17.6 Å². The molecule has 0 amide bonds. The van der Waals surface area contributed by atoms with Crippen molar-refractivity contribution in [2.45, 2.75) is 22.9 Å². The van der Waals surface area contributed by atoms with Gasteiger partial charge < -0.3 is 14.9 Å². The van der Waals surface area contributed by atoms with Crippen LogP contribution in [0.2, 0.25) is 10.0 Å². The molecule has 9 heteroatoms. The van der Waals surface area contributed by atoms with Crippen LogP contribution < -0.4 is 5.73 Å². The number of ether oxygens (including phenoxy) is 1. The van der Waals surface area contributed by atoms with Crippen LogP contribution in [0.5, 0.6) is 0 Å². The van der Waals surface area contributed by atoms with E-state index in [9.17, 15) is 8.42 Å². The molecule has 0 fully saturated rings. The smallest absolute Gasteiger partial charge is 0.227 e. The SMILES string of the molecule is COCC(N)c1oc(-c2ccccc2C)nc1S(=O)(=O)c1ccc(Cl)c(Cl)c1. The van der Waals surface area contributed by atoms with Crippen molar-refractivity contribution in [1.29, 1.82) is 0 Å². The van der Waals surface area contributed by atoms with Gasteiger partial charge in [0, 0.05) is 12.7 Å². The summed E-state index contributed by atoms with van der Waals surface area (Å²) in [4.78, 5) is 4.22. The normalized spacial score (nSPS) is 12.9. The average Bonchev–Trinajstić information content (AvgIpc) is 3.10.